The van der Waals surface area contributed by atoms with E-state index in [2.05, 4.69) is 15.5 Å². The molecule has 5 nitrogen and oxygen atoms in total. The van der Waals surface area contributed by atoms with E-state index in [-0.39, 0.29) is 11.7 Å². The normalized spacial score (nSPS) is 10.7. The zero-order valence-electron chi connectivity index (χ0n) is 13.1. The van der Waals surface area contributed by atoms with E-state index in [1.54, 1.807) is 24.3 Å². The molecule has 1 aromatic carbocycles. The van der Waals surface area contributed by atoms with Gasteiger partial charge in [-0.3, -0.25) is 9.59 Å². The highest BCUT2D eigenvalue weighted by atomic mass is 16.1. The summed E-state index contributed by atoms with van der Waals surface area (Å²) in [5.41, 5.74) is 1.37. The average Bonchev–Trinajstić information content (AvgIpc) is 2.43. The molecule has 0 aliphatic carbocycles. The number of ketones is 1. The Labute approximate surface area is 126 Å². The molecule has 0 aromatic heterocycles. The maximum Gasteiger partial charge on any atom is 0.225 e. The summed E-state index contributed by atoms with van der Waals surface area (Å²) in [6.07, 6.45) is 1.51. The first-order valence-corrected chi connectivity index (χ1v) is 7.25. The van der Waals surface area contributed by atoms with Gasteiger partial charge in [0.2, 0.25) is 5.91 Å². The van der Waals surface area contributed by atoms with E-state index in [1.165, 1.54) is 6.92 Å². The second-order valence-corrected chi connectivity index (χ2v) is 5.34. The van der Waals surface area contributed by atoms with Crippen molar-refractivity contribution < 1.29 is 9.59 Å². The third-order valence-electron chi connectivity index (χ3n) is 3.06. The Bertz CT molecular complexity index is 455. The molecule has 21 heavy (non-hydrogen) atoms. The highest BCUT2D eigenvalue weighted by Crippen LogP contribution is 2.10. The molecule has 0 saturated carbocycles. The minimum absolute atomic E-state index is 0.0225. The van der Waals surface area contributed by atoms with E-state index in [1.807, 2.05) is 14.1 Å². The van der Waals surface area contributed by atoms with Crippen molar-refractivity contribution in [3.05, 3.63) is 29.8 Å². The monoisotopic (exact) mass is 291 g/mol. The van der Waals surface area contributed by atoms with Crippen molar-refractivity contribution in [3.63, 3.8) is 0 Å². The lowest BCUT2D eigenvalue weighted by Crippen LogP contribution is -2.25. The van der Waals surface area contributed by atoms with Crippen molar-refractivity contribution in [2.45, 2.75) is 19.8 Å². The number of hydrogen-bond donors (Lipinski definition) is 2. The van der Waals surface area contributed by atoms with Crippen LogP contribution in [0.5, 0.6) is 0 Å². The smallest absolute Gasteiger partial charge is 0.225 e. The molecule has 0 unspecified atom stereocenters. The van der Waals surface area contributed by atoms with Gasteiger partial charge in [-0.25, -0.2) is 0 Å². The fourth-order valence-electron chi connectivity index (χ4n) is 1.86. The van der Waals surface area contributed by atoms with Gasteiger partial charge in [0, 0.05) is 24.2 Å². The number of hydrogen-bond acceptors (Lipinski definition) is 4. The van der Waals surface area contributed by atoms with Crippen LogP contribution in [0.15, 0.2) is 24.3 Å². The molecular weight excluding hydrogens is 266 g/mol. The number of Topliss-reactive ketones (excluding diaryl/α,β-unsaturated/α-hetero) is 1. The van der Waals surface area contributed by atoms with Crippen LogP contribution in [0.25, 0.3) is 0 Å². The molecule has 116 valence electrons. The molecule has 1 aromatic rings. The van der Waals surface area contributed by atoms with Crippen LogP contribution >= 0.6 is 0 Å². The van der Waals surface area contributed by atoms with Gasteiger partial charge in [0.05, 0.1) is 0 Å². The molecule has 1 amide bonds. The number of benzene rings is 1. The van der Waals surface area contributed by atoms with E-state index in [0.717, 1.165) is 25.2 Å². The molecule has 0 spiro atoms. The first kappa shape index (κ1) is 17.3. The van der Waals surface area contributed by atoms with Crippen molar-refractivity contribution in [3.8, 4) is 0 Å². The van der Waals surface area contributed by atoms with Gasteiger partial charge >= 0.3 is 0 Å². The first-order chi connectivity index (χ1) is 9.99. The summed E-state index contributed by atoms with van der Waals surface area (Å²) >= 11 is 0. The zero-order valence-corrected chi connectivity index (χ0v) is 13.1. The summed E-state index contributed by atoms with van der Waals surface area (Å²) in [6, 6.07) is 6.94. The van der Waals surface area contributed by atoms with Crippen molar-refractivity contribution in [2.24, 2.45) is 0 Å². The Kier molecular flexibility index (Phi) is 7.64. The van der Waals surface area contributed by atoms with Gasteiger partial charge in [-0.05, 0) is 64.8 Å². The molecular formula is C16H25N3O2. The molecule has 5 heteroatoms. The van der Waals surface area contributed by atoms with Crippen molar-refractivity contribution in [1.29, 1.82) is 0 Å². The largest absolute Gasteiger partial charge is 0.326 e. The average molecular weight is 291 g/mol. The summed E-state index contributed by atoms with van der Waals surface area (Å²) in [5, 5.41) is 6.07. The third-order valence-corrected chi connectivity index (χ3v) is 3.06. The SMILES string of the molecule is CC(=O)c1ccc(NC(=O)CCNCCCN(C)C)cc1. The van der Waals surface area contributed by atoms with E-state index in [4.69, 9.17) is 0 Å². The van der Waals surface area contributed by atoms with E-state index >= 15 is 0 Å². The van der Waals surface area contributed by atoms with Gasteiger partial charge < -0.3 is 15.5 Å². The zero-order chi connectivity index (χ0) is 15.7. The second-order valence-electron chi connectivity index (χ2n) is 5.34. The van der Waals surface area contributed by atoms with Gasteiger partial charge in [0.15, 0.2) is 5.78 Å². The number of carbonyl (C=O) groups excluding carboxylic acids is 2. The van der Waals surface area contributed by atoms with Gasteiger partial charge in [-0.1, -0.05) is 0 Å². The number of carbonyl (C=O) groups is 2. The maximum absolute atomic E-state index is 11.7. The number of nitrogens with zero attached hydrogens (tertiary/aromatic N) is 1. The summed E-state index contributed by atoms with van der Waals surface area (Å²) in [6.45, 7) is 4.15. The Morgan fingerprint density at radius 3 is 2.33 bits per heavy atom. The van der Waals surface area contributed by atoms with Crippen molar-refractivity contribution >= 4 is 17.4 Å². The first-order valence-electron chi connectivity index (χ1n) is 7.25. The van der Waals surface area contributed by atoms with Gasteiger partial charge in [-0.15, -0.1) is 0 Å². The van der Waals surface area contributed by atoms with Gasteiger partial charge in [0.25, 0.3) is 0 Å². The molecule has 2 N–H and O–H groups in total. The molecule has 0 aliphatic heterocycles. The lowest BCUT2D eigenvalue weighted by Gasteiger charge is -2.10. The van der Waals surface area contributed by atoms with E-state index in [0.29, 0.717) is 18.5 Å². The van der Waals surface area contributed by atoms with E-state index < -0.39 is 0 Å². The van der Waals surface area contributed by atoms with Crippen LogP contribution in [0, 0.1) is 0 Å². The minimum Gasteiger partial charge on any atom is -0.326 e. The van der Waals surface area contributed by atoms with Crippen molar-refractivity contribution in [2.75, 3.05) is 39.0 Å². The quantitative estimate of drug-likeness (QED) is 0.537. The topological polar surface area (TPSA) is 61.4 Å². The lowest BCUT2D eigenvalue weighted by molar-refractivity contribution is -0.116. The Balaban J connectivity index is 2.20. The minimum atomic E-state index is -0.0225. The number of anilines is 1. The van der Waals surface area contributed by atoms with Crippen LogP contribution < -0.4 is 10.6 Å². The molecule has 0 aliphatic rings. The molecule has 0 atom stereocenters. The molecule has 0 saturated heterocycles. The van der Waals surface area contributed by atoms with Gasteiger partial charge in [-0.2, -0.15) is 0 Å². The van der Waals surface area contributed by atoms with Crippen LogP contribution in [0.2, 0.25) is 0 Å². The fraction of sp³-hybridized carbons (Fsp3) is 0.500. The van der Waals surface area contributed by atoms with Crippen LogP contribution in [-0.4, -0.2) is 50.3 Å². The summed E-state index contributed by atoms with van der Waals surface area (Å²) in [7, 11) is 4.09. The predicted octanol–water partition coefficient (Wildman–Crippen LogP) is 1.76. The van der Waals surface area contributed by atoms with Gasteiger partial charge in [0.1, 0.15) is 0 Å². The number of amides is 1. The van der Waals surface area contributed by atoms with Crippen molar-refractivity contribution in [1.82, 2.24) is 10.2 Å². The van der Waals surface area contributed by atoms with Crippen LogP contribution in [0.3, 0.4) is 0 Å². The lowest BCUT2D eigenvalue weighted by atomic mass is 10.1. The van der Waals surface area contributed by atoms with Crippen LogP contribution in [-0.2, 0) is 4.79 Å². The molecule has 0 bridgehead atoms. The third kappa shape index (κ3) is 7.58. The van der Waals surface area contributed by atoms with Crippen LogP contribution in [0.1, 0.15) is 30.1 Å². The Hall–Kier alpha value is -1.72. The summed E-state index contributed by atoms with van der Waals surface area (Å²) < 4.78 is 0. The second kappa shape index (κ2) is 9.26. The highest BCUT2D eigenvalue weighted by molar-refractivity contribution is 5.95. The number of nitrogens with one attached hydrogen (secondary N) is 2. The molecule has 0 heterocycles. The summed E-state index contributed by atoms with van der Waals surface area (Å²) in [5.74, 6) is 0.000449. The number of rotatable bonds is 9. The molecule has 1 rings (SSSR count). The highest BCUT2D eigenvalue weighted by Gasteiger charge is 2.03. The molecule has 0 radical (unpaired) electrons. The Morgan fingerprint density at radius 2 is 1.76 bits per heavy atom. The predicted molar refractivity (Wildman–Crippen MR) is 85.7 cm³/mol. The fourth-order valence-corrected chi connectivity index (χ4v) is 1.86. The molecule has 0 fully saturated rings. The van der Waals surface area contributed by atoms with Crippen LogP contribution in [0.4, 0.5) is 5.69 Å². The van der Waals surface area contributed by atoms with E-state index in [9.17, 15) is 9.59 Å². The summed E-state index contributed by atoms with van der Waals surface area (Å²) in [4.78, 5) is 25.0. The Morgan fingerprint density at radius 1 is 1.10 bits per heavy atom. The standard InChI is InChI=1S/C16H25N3O2/c1-13(20)14-5-7-15(8-6-14)18-16(21)9-11-17-10-4-12-19(2)3/h5-8,17H,4,9-12H2,1-3H3,(H,18,21). The maximum atomic E-state index is 11.7.